The zero-order chi connectivity index (χ0) is 17.3. The molecule has 0 radical (unpaired) electrons. The van der Waals surface area contributed by atoms with Crippen LogP contribution < -0.4 is 16.8 Å². The Morgan fingerprint density at radius 3 is 2.43 bits per heavy atom. The number of carboxylic acids is 1. The highest BCUT2D eigenvalue weighted by Crippen LogP contribution is 2.35. The van der Waals surface area contributed by atoms with E-state index in [2.05, 4.69) is 5.32 Å². The first kappa shape index (κ1) is 16.1. The summed E-state index contributed by atoms with van der Waals surface area (Å²) in [5.41, 5.74) is 13.4. The summed E-state index contributed by atoms with van der Waals surface area (Å²) in [6.07, 6.45) is 0. The Morgan fingerprint density at radius 2 is 1.87 bits per heavy atom. The third kappa shape index (κ3) is 3.00. The smallest absolute Gasteiger partial charge is 0.337 e. The Balaban J connectivity index is 2.63. The Kier molecular flexibility index (Phi) is 4.08. The van der Waals surface area contributed by atoms with E-state index >= 15 is 0 Å². The maximum absolute atomic E-state index is 11.5. The molecule has 0 aliphatic rings. The zero-order valence-electron chi connectivity index (χ0n) is 12.6. The molecule has 0 aliphatic carbocycles. The average Bonchev–Trinajstić information content (AvgIpc) is 2.48. The summed E-state index contributed by atoms with van der Waals surface area (Å²) in [6, 6.07) is 5.47. The highest BCUT2D eigenvalue weighted by Gasteiger charge is 2.20. The van der Waals surface area contributed by atoms with Crippen molar-refractivity contribution in [1.82, 2.24) is 0 Å². The van der Waals surface area contributed by atoms with Crippen LogP contribution in [0.15, 0.2) is 24.3 Å². The monoisotopic (exact) mass is 316 g/mol. The average molecular weight is 316 g/mol. The second-order valence-electron chi connectivity index (χ2n) is 5.10. The fourth-order valence-electron chi connectivity index (χ4n) is 2.21. The van der Waals surface area contributed by atoms with Crippen LogP contribution in [-0.4, -0.2) is 16.0 Å². The molecule has 0 heterocycles. The van der Waals surface area contributed by atoms with Gasteiger partial charge in [-0.3, -0.25) is 10.1 Å². The molecule has 0 aliphatic heterocycles. The molecule has 2 rings (SSSR count). The molecule has 120 valence electrons. The standard InChI is InChI=1S/C15H16N4O4/c1-7-8(2)14(10(15(20)21)6-11(7)17)18-12-4-3-9(16)5-13(12)19(22)23/h3-6,18H,16-17H2,1-2H3,(H,20,21). The van der Waals surface area contributed by atoms with Crippen LogP contribution in [0.3, 0.4) is 0 Å². The van der Waals surface area contributed by atoms with E-state index in [1.54, 1.807) is 13.8 Å². The largest absolute Gasteiger partial charge is 0.478 e. The van der Waals surface area contributed by atoms with Gasteiger partial charge in [0.2, 0.25) is 0 Å². The molecule has 0 saturated heterocycles. The lowest BCUT2D eigenvalue weighted by Crippen LogP contribution is -2.09. The first-order valence-electron chi connectivity index (χ1n) is 6.66. The van der Waals surface area contributed by atoms with Crippen molar-refractivity contribution in [1.29, 1.82) is 0 Å². The third-order valence-corrected chi connectivity index (χ3v) is 3.65. The number of hydrogen-bond acceptors (Lipinski definition) is 6. The number of nitrogens with two attached hydrogens (primary N) is 2. The van der Waals surface area contributed by atoms with E-state index in [1.165, 1.54) is 24.3 Å². The van der Waals surface area contributed by atoms with Gasteiger partial charge in [0.15, 0.2) is 0 Å². The predicted molar refractivity (Wildman–Crippen MR) is 88.1 cm³/mol. The molecule has 0 spiro atoms. The van der Waals surface area contributed by atoms with Gasteiger partial charge in [0.25, 0.3) is 5.69 Å². The molecular weight excluding hydrogens is 300 g/mol. The fourth-order valence-corrected chi connectivity index (χ4v) is 2.21. The molecule has 0 fully saturated rings. The molecule has 0 bridgehead atoms. The second kappa shape index (κ2) is 5.84. The normalized spacial score (nSPS) is 10.3. The van der Waals surface area contributed by atoms with E-state index in [1.807, 2.05) is 0 Å². The molecule has 8 nitrogen and oxygen atoms in total. The third-order valence-electron chi connectivity index (χ3n) is 3.65. The van der Waals surface area contributed by atoms with Crippen LogP contribution in [0.4, 0.5) is 28.4 Å². The number of nitrogen functional groups attached to an aromatic ring is 2. The number of nitrogens with zero attached hydrogens (tertiary/aromatic N) is 1. The van der Waals surface area contributed by atoms with Crippen molar-refractivity contribution in [3.8, 4) is 0 Å². The second-order valence-corrected chi connectivity index (χ2v) is 5.10. The molecule has 2 aromatic carbocycles. The molecule has 6 N–H and O–H groups in total. The van der Waals surface area contributed by atoms with Crippen molar-refractivity contribution in [3.63, 3.8) is 0 Å². The van der Waals surface area contributed by atoms with Crippen LogP contribution in [0.2, 0.25) is 0 Å². The Hall–Kier alpha value is -3.29. The van der Waals surface area contributed by atoms with Crippen molar-refractivity contribution in [2.24, 2.45) is 0 Å². The molecule has 2 aromatic rings. The van der Waals surface area contributed by atoms with Gasteiger partial charge in [-0.15, -0.1) is 0 Å². The number of nitro benzene ring substituents is 1. The topological polar surface area (TPSA) is 145 Å². The van der Waals surface area contributed by atoms with Gasteiger partial charge in [-0.25, -0.2) is 4.79 Å². The van der Waals surface area contributed by atoms with Crippen molar-refractivity contribution in [2.45, 2.75) is 13.8 Å². The molecule has 0 saturated carbocycles. The van der Waals surface area contributed by atoms with Gasteiger partial charge in [-0.05, 0) is 43.2 Å². The van der Waals surface area contributed by atoms with Gasteiger partial charge in [0, 0.05) is 17.4 Å². The first-order chi connectivity index (χ1) is 10.7. The number of rotatable bonds is 4. The Morgan fingerprint density at radius 1 is 1.22 bits per heavy atom. The molecule has 23 heavy (non-hydrogen) atoms. The maximum atomic E-state index is 11.5. The van der Waals surface area contributed by atoms with Crippen LogP contribution in [0.25, 0.3) is 0 Å². The summed E-state index contributed by atoms with van der Waals surface area (Å²) >= 11 is 0. The summed E-state index contributed by atoms with van der Waals surface area (Å²) in [5, 5.41) is 23.4. The molecule has 0 unspecified atom stereocenters. The van der Waals surface area contributed by atoms with Crippen molar-refractivity contribution in [3.05, 3.63) is 51.1 Å². The summed E-state index contributed by atoms with van der Waals surface area (Å²) in [4.78, 5) is 22.0. The van der Waals surface area contributed by atoms with Crippen molar-refractivity contribution < 1.29 is 14.8 Å². The number of anilines is 4. The van der Waals surface area contributed by atoms with Gasteiger partial charge in [-0.1, -0.05) is 0 Å². The summed E-state index contributed by atoms with van der Waals surface area (Å²) in [5.74, 6) is -1.18. The van der Waals surface area contributed by atoms with Crippen LogP contribution in [0.1, 0.15) is 21.5 Å². The van der Waals surface area contributed by atoms with Gasteiger partial charge in [0.1, 0.15) is 5.69 Å². The number of nitrogens with one attached hydrogen (secondary N) is 1. The minimum Gasteiger partial charge on any atom is -0.478 e. The number of carboxylic acid groups (broad SMARTS) is 1. The van der Waals surface area contributed by atoms with E-state index in [0.29, 0.717) is 16.8 Å². The number of carbonyl (C=O) groups is 1. The molecule has 0 aromatic heterocycles. The number of hydrogen-bond donors (Lipinski definition) is 4. The lowest BCUT2D eigenvalue weighted by atomic mass is 10.00. The van der Waals surface area contributed by atoms with E-state index in [9.17, 15) is 20.0 Å². The first-order valence-corrected chi connectivity index (χ1v) is 6.66. The lowest BCUT2D eigenvalue weighted by Gasteiger charge is -2.16. The van der Waals surface area contributed by atoms with Gasteiger partial charge in [-0.2, -0.15) is 0 Å². The predicted octanol–water partition coefficient (Wildman–Crippen LogP) is 2.82. The lowest BCUT2D eigenvalue weighted by molar-refractivity contribution is -0.383. The number of aromatic carboxylic acids is 1. The van der Waals surface area contributed by atoms with Crippen LogP contribution in [0, 0.1) is 24.0 Å². The maximum Gasteiger partial charge on any atom is 0.337 e. The van der Waals surface area contributed by atoms with E-state index in [-0.39, 0.29) is 28.3 Å². The number of benzene rings is 2. The molecule has 8 heteroatoms. The van der Waals surface area contributed by atoms with E-state index in [4.69, 9.17) is 11.5 Å². The summed E-state index contributed by atoms with van der Waals surface area (Å²) in [7, 11) is 0. The fraction of sp³-hybridized carbons (Fsp3) is 0.133. The van der Waals surface area contributed by atoms with E-state index in [0.717, 1.165) is 0 Å². The highest BCUT2D eigenvalue weighted by molar-refractivity contribution is 5.98. The van der Waals surface area contributed by atoms with Gasteiger partial charge >= 0.3 is 5.97 Å². The van der Waals surface area contributed by atoms with Crippen LogP contribution in [-0.2, 0) is 0 Å². The Labute approximate surface area is 131 Å². The zero-order valence-corrected chi connectivity index (χ0v) is 12.6. The van der Waals surface area contributed by atoms with Crippen molar-refractivity contribution >= 4 is 34.4 Å². The molecule has 0 amide bonds. The quantitative estimate of drug-likeness (QED) is 0.385. The molecular formula is C15H16N4O4. The van der Waals surface area contributed by atoms with Crippen LogP contribution in [0.5, 0.6) is 0 Å². The Bertz CT molecular complexity index is 818. The molecule has 0 atom stereocenters. The summed E-state index contributed by atoms with van der Waals surface area (Å²) < 4.78 is 0. The minimum atomic E-state index is -1.18. The van der Waals surface area contributed by atoms with Crippen LogP contribution >= 0.6 is 0 Å². The number of nitro groups is 1. The highest BCUT2D eigenvalue weighted by atomic mass is 16.6. The van der Waals surface area contributed by atoms with E-state index < -0.39 is 10.9 Å². The summed E-state index contributed by atoms with van der Waals surface area (Å²) in [6.45, 7) is 3.45. The SMILES string of the molecule is Cc1c(N)cc(C(=O)O)c(Nc2ccc(N)cc2[N+](=O)[O-])c1C. The van der Waals surface area contributed by atoms with Gasteiger partial charge in [0.05, 0.1) is 16.2 Å². The minimum absolute atomic E-state index is 0.0586. The van der Waals surface area contributed by atoms with Gasteiger partial charge < -0.3 is 21.9 Å². The van der Waals surface area contributed by atoms with Crippen molar-refractivity contribution in [2.75, 3.05) is 16.8 Å².